The van der Waals surface area contributed by atoms with Crippen LogP contribution in [0.3, 0.4) is 0 Å². The molecule has 2 nitrogen and oxygen atoms in total. The van der Waals surface area contributed by atoms with Gasteiger partial charge in [0, 0.05) is 13.2 Å². The van der Waals surface area contributed by atoms with Crippen LogP contribution in [0.1, 0.15) is 20.3 Å². The summed E-state index contributed by atoms with van der Waals surface area (Å²) in [5, 5.41) is 0. The third-order valence-electron chi connectivity index (χ3n) is 1.74. The van der Waals surface area contributed by atoms with Crippen molar-refractivity contribution in [1.29, 1.82) is 0 Å². The van der Waals surface area contributed by atoms with Crippen LogP contribution in [-0.4, -0.2) is 38.3 Å². The highest BCUT2D eigenvalue weighted by Crippen LogP contribution is 1.96. The van der Waals surface area contributed by atoms with Gasteiger partial charge in [0.1, 0.15) is 0 Å². The van der Waals surface area contributed by atoms with E-state index in [0.717, 1.165) is 13.2 Å². The summed E-state index contributed by atoms with van der Waals surface area (Å²) in [5.41, 5.74) is 0. The molecule has 0 fully saturated rings. The number of methoxy groups -OCH3 is 1. The highest BCUT2D eigenvalue weighted by Gasteiger charge is 2.05. The van der Waals surface area contributed by atoms with Gasteiger partial charge < -0.3 is 9.64 Å². The SMILES string of the molecule is CCCN(C)C(C)COC. The molecule has 0 aliphatic carbocycles. The Kier molecular flexibility index (Phi) is 5.64. The van der Waals surface area contributed by atoms with Gasteiger partial charge >= 0.3 is 0 Å². The molecule has 0 N–H and O–H groups in total. The Bertz CT molecular complexity index is 65.7. The second kappa shape index (κ2) is 5.69. The monoisotopic (exact) mass is 145 g/mol. The zero-order valence-corrected chi connectivity index (χ0v) is 7.55. The van der Waals surface area contributed by atoms with Crippen LogP contribution in [0.2, 0.25) is 0 Å². The first-order valence-corrected chi connectivity index (χ1v) is 3.91. The third kappa shape index (κ3) is 3.85. The molecule has 0 saturated carbocycles. The lowest BCUT2D eigenvalue weighted by Crippen LogP contribution is -2.33. The van der Waals surface area contributed by atoms with Crippen molar-refractivity contribution < 1.29 is 4.74 Å². The molecule has 0 heterocycles. The van der Waals surface area contributed by atoms with Crippen molar-refractivity contribution in [3.8, 4) is 0 Å². The van der Waals surface area contributed by atoms with Gasteiger partial charge in [0.2, 0.25) is 0 Å². The van der Waals surface area contributed by atoms with E-state index in [2.05, 4.69) is 25.8 Å². The molecule has 2 heteroatoms. The molecule has 0 aromatic rings. The van der Waals surface area contributed by atoms with Gasteiger partial charge in [-0.25, -0.2) is 0 Å². The summed E-state index contributed by atoms with van der Waals surface area (Å²) in [4.78, 5) is 2.31. The lowest BCUT2D eigenvalue weighted by atomic mass is 10.3. The van der Waals surface area contributed by atoms with Crippen molar-refractivity contribution in [2.45, 2.75) is 26.3 Å². The molecule has 1 unspecified atom stereocenters. The average molecular weight is 145 g/mol. The largest absolute Gasteiger partial charge is 0.383 e. The number of rotatable bonds is 5. The Morgan fingerprint density at radius 2 is 2.10 bits per heavy atom. The van der Waals surface area contributed by atoms with Gasteiger partial charge in [0.25, 0.3) is 0 Å². The van der Waals surface area contributed by atoms with Crippen LogP contribution in [0.5, 0.6) is 0 Å². The van der Waals surface area contributed by atoms with Crippen molar-refractivity contribution in [3.63, 3.8) is 0 Å². The average Bonchev–Trinajstić information content (AvgIpc) is 1.89. The molecule has 0 aliphatic heterocycles. The molecule has 0 bridgehead atoms. The first-order valence-electron chi connectivity index (χ1n) is 3.91. The summed E-state index contributed by atoms with van der Waals surface area (Å²) in [7, 11) is 3.88. The number of likely N-dealkylation sites (N-methyl/N-ethyl adjacent to an activating group) is 1. The van der Waals surface area contributed by atoms with Gasteiger partial charge in [0.05, 0.1) is 6.61 Å². The van der Waals surface area contributed by atoms with Gasteiger partial charge in [-0.2, -0.15) is 0 Å². The van der Waals surface area contributed by atoms with Gasteiger partial charge in [0.15, 0.2) is 0 Å². The van der Waals surface area contributed by atoms with Crippen LogP contribution < -0.4 is 0 Å². The number of hydrogen-bond donors (Lipinski definition) is 0. The van der Waals surface area contributed by atoms with Crippen molar-refractivity contribution in [2.75, 3.05) is 27.3 Å². The molecular weight excluding hydrogens is 126 g/mol. The van der Waals surface area contributed by atoms with Gasteiger partial charge in [-0.15, -0.1) is 0 Å². The molecule has 62 valence electrons. The minimum absolute atomic E-state index is 0.546. The van der Waals surface area contributed by atoms with Crippen LogP contribution in [0, 0.1) is 0 Å². The van der Waals surface area contributed by atoms with E-state index in [-0.39, 0.29) is 0 Å². The van der Waals surface area contributed by atoms with Gasteiger partial charge in [-0.3, -0.25) is 0 Å². The Morgan fingerprint density at radius 1 is 1.50 bits per heavy atom. The van der Waals surface area contributed by atoms with E-state index in [0.29, 0.717) is 6.04 Å². The van der Waals surface area contributed by atoms with Crippen LogP contribution in [0.15, 0.2) is 0 Å². The molecule has 0 amide bonds. The minimum Gasteiger partial charge on any atom is -0.383 e. The Balaban J connectivity index is 3.38. The van der Waals surface area contributed by atoms with E-state index in [9.17, 15) is 0 Å². The maximum Gasteiger partial charge on any atom is 0.0615 e. The smallest absolute Gasteiger partial charge is 0.0615 e. The highest BCUT2D eigenvalue weighted by atomic mass is 16.5. The first-order chi connectivity index (χ1) is 4.72. The number of ether oxygens (including phenoxy) is 1. The summed E-state index contributed by atoms with van der Waals surface area (Å²) in [6.45, 7) is 6.36. The normalized spacial score (nSPS) is 14.1. The molecule has 0 rings (SSSR count). The maximum absolute atomic E-state index is 5.03. The van der Waals surface area contributed by atoms with E-state index in [1.54, 1.807) is 7.11 Å². The van der Waals surface area contributed by atoms with Crippen molar-refractivity contribution in [1.82, 2.24) is 4.90 Å². The lowest BCUT2D eigenvalue weighted by molar-refractivity contribution is 0.116. The summed E-state index contributed by atoms with van der Waals surface area (Å²) < 4.78 is 5.03. The molecule has 10 heavy (non-hydrogen) atoms. The topological polar surface area (TPSA) is 12.5 Å². The standard InChI is InChI=1S/C8H19NO/c1-5-6-9(3)8(2)7-10-4/h8H,5-7H2,1-4H3. The van der Waals surface area contributed by atoms with Crippen molar-refractivity contribution in [3.05, 3.63) is 0 Å². The molecular formula is C8H19NO. The molecule has 1 atom stereocenters. The van der Waals surface area contributed by atoms with Crippen LogP contribution >= 0.6 is 0 Å². The summed E-state index contributed by atoms with van der Waals surface area (Å²) in [6.07, 6.45) is 1.21. The van der Waals surface area contributed by atoms with Gasteiger partial charge in [-0.1, -0.05) is 6.92 Å². The predicted octanol–water partition coefficient (Wildman–Crippen LogP) is 1.36. The molecule has 0 saturated heterocycles. The Hall–Kier alpha value is -0.0800. The van der Waals surface area contributed by atoms with E-state index >= 15 is 0 Å². The number of hydrogen-bond acceptors (Lipinski definition) is 2. The second-order valence-corrected chi connectivity index (χ2v) is 2.78. The fourth-order valence-corrected chi connectivity index (χ4v) is 0.942. The summed E-state index contributed by atoms with van der Waals surface area (Å²) in [6, 6.07) is 0.546. The van der Waals surface area contributed by atoms with Crippen LogP contribution in [0.4, 0.5) is 0 Å². The zero-order valence-electron chi connectivity index (χ0n) is 7.55. The molecule has 0 spiro atoms. The fourth-order valence-electron chi connectivity index (χ4n) is 0.942. The lowest BCUT2D eigenvalue weighted by Gasteiger charge is -2.22. The van der Waals surface area contributed by atoms with Crippen molar-refractivity contribution in [2.24, 2.45) is 0 Å². The molecule has 0 radical (unpaired) electrons. The quantitative estimate of drug-likeness (QED) is 0.579. The number of nitrogens with zero attached hydrogens (tertiary/aromatic N) is 1. The third-order valence-corrected chi connectivity index (χ3v) is 1.74. The highest BCUT2D eigenvalue weighted by molar-refractivity contribution is 4.60. The minimum atomic E-state index is 0.546. The zero-order chi connectivity index (χ0) is 7.98. The Labute approximate surface area is 64.2 Å². The van der Waals surface area contributed by atoms with E-state index < -0.39 is 0 Å². The van der Waals surface area contributed by atoms with Gasteiger partial charge in [-0.05, 0) is 26.9 Å². The predicted molar refractivity (Wildman–Crippen MR) is 44.3 cm³/mol. The second-order valence-electron chi connectivity index (χ2n) is 2.78. The molecule has 0 aromatic heterocycles. The molecule has 0 aliphatic rings. The first kappa shape index (κ1) is 9.92. The Morgan fingerprint density at radius 3 is 2.50 bits per heavy atom. The van der Waals surface area contributed by atoms with E-state index in [1.807, 2.05) is 0 Å². The van der Waals surface area contributed by atoms with Crippen molar-refractivity contribution >= 4 is 0 Å². The molecule has 0 aromatic carbocycles. The summed E-state index contributed by atoms with van der Waals surface area (Å²) in [5.74, 6) is 0. The fraction of sp³-hybridized carbons (Fsp3) is 1.00. The van der Waals surface area contributed by atoms with Crippen LogP contribution in [0.25, 0.3) is 0 Å². The maximum atomic E-state index is 5.03. The van der Waals surface area contributed by atoms with Crippen LogP contribution in [-0.2, 0) is 4.74 Å². The van der Waals surface area contributed by atoms with E-state index in [4.69, 9.17) is 4.74 Å². The summed E-state index contributed by atoms with van der Waals surface area (Å²) >= 11 is 0. The van der Waals surface area contributed by atoms with E-state index in [1.165, 1.54) is 6.42 Å².